The standard InChI is InChI=1S/C19H18ClFN6O/c1-11-9-22-23-10-14(11)17-24-19(26-25-17)27-6-2-3-13(18(27)28)7-12-4-5-15(20)16(21)8-12/h4-5,8-10,13H,2-3,6-7H2,1H3,(H,24,25,26)/t13-/m0/s1. The summed E-state index contributed by atoms with van der Waals surface area (Å²) in [5.41, 5.74) is 2.44. The number of carbonyl (C=O) groups excluding carboxylic acids is 1. The number of aryl methyl sites for hydroxylation is 1. The molecule has 0 aliphatic carbocycles. The lowest BCUT2D eigenvalue weighted by Gasteiger charge is -2.30. The highest BCUT2D eigenvalue weighted by atomic mass is 35.5. The zero-order chi connectivity index (χ0) is 19.7. The van der Waals surface area contributed by atoms with Crippen LogP contribution in [0, 0.1) is 18.7 Å². The molecular formula is C19H18ClFN6O. The Morgan fingerprint density at radius 3 is 2.93 bits per heavy atom. The van der Waals surface area contributed by atoms with Gasteiger partial charge in [-0.3, -0.25) is 14.8 Å². The molecule has 144 valence electrons. The average molecular weight is 401 g/mol. The lowest BCUT2D eigenvalue weighted by Crippen LogP contribution is -2.42. The predicted octanol–water partition coefficient (Wildman–Crippen LogP) is 3.35. The Labute approximate surface area is 166 Å². The number of rotatable bonds is 4. The van der Waals surface area contributed by atoms with Crippen molar-refractivity contribution in [3.63, 3.8) is 0 Å². The van der Waals surface area contributed by atoms with Crippen LogP contribution in [0.15, 0.2) is 30.6 Å². The minimum atomic E-state index is -0.473. The fraction of sp³-hybridized carbons (Fsp3) is 0.316. The maximum absolute atomic E-state index is 13.7. The van der Waals surface area contributed by atoms with E-state index in [1.165, 1.54) is 12.1 Å². The second-order valence-corrected chi connectivity index (χ2v) is 7.26. The Hall–Kier alpha value is -2.87. The molecule has 1 atom stereocenters. The van der Waals surface area contributed by atoms with E-state index in [0.29, 0.717) is 24.7 Å². The molecule has 4 rings (SSSR count). The van der Waals surface area contributed by atoms with Crippen LogP contribution in [0.4, 0.5) is 10.3 Å². The summed E-state index contributed by atoms with van der Waals surface area (Å²) in [7, 11) is 0. The first-order valence-corrected chi connectivity index (χ1v) is 9.36. The van der Waals surface area contributed by atoms with Gasteiger partial charge < -0.3 is 0 Å². The number of nitrogens with zero attached hydrogens (tertiary/aromatic N) is 5. The Bertz CT molecular complexity index is 1020. The summed E-state index contributed by atoms with van der Waals surface area (Å²) in [6.45, 7) is 2.45. The molecule has 1 amide bonds. The molecule has 1 aliphatic heterocycles. The van der Waals surface area contributed by atoms with Gasteiger partial charge in [-0.1, -0.05) is 17.7 Å². The molecule has 7 nitrogen and oxygen atoms in total. The van der Waals surface area contributed by atoms with E-state index < -0.39 is 5.82 Å². The van der Waals surface area contributed by atoms with Crippen LogP contribution in [0.25, 0.3) is 11.4 Å². The topological polar surface area (TPSA) is 87.7 Å². The fourth-order valence-corrected chi connectivity index (χ4v) is 3.53. The van der Waals surface area contributed by atoms with Crippen molar-refractivity contribution >= 4 is 23.5 Å². The molecule has 1 aromatic carbocycles. The van der Waals surface area contributed by atoms with Crippen molar-refractivity contribution in [1.29, 1.82) is 0 Å². The van der Waals surface area contributed by atoms with Crippen LogP contribution in [-0.4, -0.2) is 37.8 Å². The SMILES string of the molecule is Cc1cnncc1-c1nc(N2CCC[C@@H](Cc3ccc(Cl)c(F)c3)C2=O)n[nH]1. The van der Waals surface area contributed by atoms with Gasteiger partial charge in [0, 0.05) is 18.0 Å². The van der Waals surface area contributed by atoms with Crippen LogP contribution in [0.5, 0.6) is 0 Å². The second kappa shape index (κ2) is 7.63. The number of piperidine rings is 1. The predicted molar refractivity (Wildman–Crippen MR) is 102 cm³/mol. The molecule has 2 aromatic heterocycles. The van der Waals surface area contributed by atoms with Gasteiger partial charge in [-0.25, -0.2) is 4.39 Å². The molecule has 3 aromatic rings. The summed E-state index contributed by atoms with van der Waals surface area (Å²) in [6, 6.07) is 4.66. The molecule has 0 radical (unpaired) electrons. The third-order valence-corrected chi connectivity index (χ3v) is 5.22. The van der Waals surface area contributed by atoms with Gasteiger partial charge in [0.2, 0.25) is 5.91 Å². The highest BCUT2D eigenvalue weighted by Gasteiger charge is 2.32. The van der Waals surface area contributed by atoms with Crippen LogP contribution in [-0.2, 0) is 11.2 Å². The van der Waals surface area contributed by atoms with Crippen molar-refractivity contribution in [2.75, 3.05) is 11.4 Å². The van der Waals surface area contributed by atoms with Gasteiger partial charge in [-0.15, -0.1) is 5.10 Å². The molecule has 0 saturated carbocycles. The van der Waals surface area contributed by atoms with E-state index in [-0.39, 0.29) is 16.8 Å². The molecule has 1 N–H and O–H groups in total. The Morgan fingerprint density at radius 2 is 2.14 bits per heavy atom. The number of hydrogen-bond donors (Lipinski definition) is 1. The molecule has 1 saturated heterocycles. The van der Waals surface area contributed by atoms with Crippen molar-refractivity contribution < 1.29 is 9.18 Å². The minimum absolute atomic E-state index is 0.0586. The number of aromatic amines is 1. The molecule has 1 aliphatic rings. The van der Waals surface area contributed by atoms with Crippen molar-refractivity contribution in [2.45, 2.75) is 26.2 Å². The summed E-state index contributed by atoms with van der Waals surface area (Å²) in [5, 5.41) is 14.9. The Kier molecular flexibility index (Phi) is 5.04. The third kappa shape index (κ3) is 3.60. The Morgan fingerprint density at radius 1 is 1.32 bits per heavy atom. The van der Waals surface area contributed by atoms with Gasteiger partial charge in [-0.05, 0) is 49.4 Å². The zero-order valence-corrected chi connectivity index (χ0v) is 15.9. The average Bonchev–Trinajstić information content (AvgIpc) is 3.16. The number of aromatic nitrogens is 5. The number of benzene rings is 1. The quantitative estimate of drug-likeness (QED) is 0.725. The monoisotopic (exact) mass is 400 g/mol. The maximum Gasteiger partial charge on any atom is 0.251 e. The summed E-state index contributed by atoms with van der Waals surface area (Å²) < 4.78 is 13.7. The van der Waals surface area contributed by atoms with Crippen molar-refractivity contribution in [1.82, 2.24) is 25.4 Å². The van der Waals surface area contributed by atoms with Crippen LogP contribution in [0.3, 0.4) is 0 Å². The molecule has 0 spiro atoms. The van der Waals surface area contributed by atoms with Crippen LogP contribution < -0.4 is 4.90 Å². The third-order valence-electron chi connectivity index (χ3n) is 4.92. The van der Waals surface area contributed by atoms with E-state index >= 15 is 0 Å². The van der Waals surface area contributed by atoms with Crippen LogP contribution in [0.1, 0.15) is 24.0 Å². The number of anilines is 1. The highest BCUT2D eigenvalue weighted by Crippen LogP contribution is 2.27. The first kappa shape index (κ1) is 18.5. The number of nitrogens with one attached hydrogen (secondary N) is 1. The van der Waals surface area contributed by atoms with E-state index in [1.807, 2.05) is 6.92 Å². The Balaban J connectivity index is 1.53. The van der Waals surface area contributed by atoms with Gasteiger partial charge >= 0.3 is 0 Å². The van der Waals surface area contributed by atoms with Gasteiger partial charge in [0.1, 0.15) is 5.82 Å². The van der Waals surface area contributed by atoms with Gasteiger partial charge in [0.15, 0.2) is 5.82 Å². The first-order valence-electron chi connectivity index (χ1n) is 8.98. The largest absolute Gasteiger partial charge is 0.279 e. The summed E-state index contributed by atoms with van der Waals surface area (Å²) in [6.07, 6.45) is 5.27. The van der Waals surface area contributed by atoms with Crippen LogP contribution >= 0.6 is 11.6 Å². The van der Waals surface area contributed by atoms with E-state index in [2.05, 4.69) is 25.4 Å². The molecular weight excluding hydrogens is 383 g/mol. The van der Waals surface area contributed by atoms with Crippen molar-refractivity contribution in [3.8, 4) is 11.4 Å². The van der Waals surface area contributed by atoms with Gasteiger partial charge in [0.25, 0.3) is 5.95 Å². The first-order chi connectivity index (χ1) is 13.5. The number of halogens is 2. The van der Waals surface area contributed by atoms with E-state index in [9.17, 15) is 9.18 Å². The lowest BCUT2D eigenvalue weighted by molar-refractivity contribution is -0.123. The molecule has 9 heteroatoms. The second-order valence-electron chi connectivity index (χ2n) is 6.85. The molecule has 1 fully saturated rings. The van der Waals surface area contributed by atoms with Gasteiger partial charge in [0.05, 0.1) is 17.4 Å². The number of H-pyrrole nitrogens is 1. The normalized spacial score (nSPS) is 17.2. The number of carbonyl (C=O) groups is 1. The maximum atomic E-state index is 13.7. The van der Waals surface area contributed by atoms with E-state index in [0.717, 1.165) is 29.5 Å². The van der Waals surface area contributed by atoms with Crippen LogP contribution in [0.2, 0.25) is 5.02 Å². The van der Waals surface area contributed by atoms with Crippen molar-refractivity contribution in [2.24, 2.45) is 5.92 Å². The fourth-order valence-electron chi connectivity index (χ4n) is 3.41. The van der Waals surface area contributed by atoms with Gasteiger partial charge in [-0.2, -0.15) is 15.2 Å². The molecule has 3 heterocycles. The molecule has 0 unspecified atom stereocenters. The molecule has 0 bridgehead atoms. The van der Waals surface area contributed by atoms with Crippen molar-refractivity contribution in [3.05, 3.63) is 52.6 Å². The lowest BCUT2D eigenvalue weighted by atomic mass is 9.90. The minimum Gasteiger partial charge on any atom is -0.279 e. The number of hydrogen-bond acceptors (Lipinski definition) is 5. The summed E-state index contributed by atoms with van der Waals surface area (Å²) >= 11 is 5.74. The van der Waals surface area contributed by atoms with E-state index in [4.69, 9.17) is 11.6 Å². The number of amides is 1. The summed E-state index contributed by atoms with van der Waals surface area (Å²) in [4.78, 5) is 19.0. The highest BCUT2D eigenvalue weighted by molar-refractivity contribution is 6.30. The summed E-state index contributed by atoms with van der Waals surface area (Å²) in [5.74, 6) is 0.0943. The van der Waals surface area contributed by atoms with E-state index in [1.54, 1.807) is 23.4 Å². The smallest absolute Gasteiger partial charge is 0.251 e. The molecule has 28 heavy (non-hydrogen) atoms. The zero-order valence-electron chi connectivity index (χ0n) is 15.2.